The Hall–Kier alpha value is -0.900. The molecule has 0 radical (unpaired) electrons. The lowest BCUT2D eigenvalue weighted by Gasteiger charge is -2.26. The predicted octanol–water partition coefficient (Wildman–Crippen LogP) is 2.23. The number of morpholine rings is 1. The minimum atomic E-state index is 0. The molecule has 0 spiro atoms. The molecule has 2 rings (SSSR count). The highest BCUT2D eigenvalue weighted by molar-refractivity contribution is 14.0. The Bertz CT molecular complexity index is 522. The molecule has 0 bridgehead atoms. The van der Waals surface area contributed by atoms with Crippen molar-refractivity contribution in [3.8, 4) is 0 Å². The SMILES string of the molecule is CCNC(=NCc1cccc(CN2CCOCC2)c1)NCCOCC.I. The van der Waals surface area contributed by atoms with Crippen molar-refractivity contribution in [2.24, 2.45) is 4.99 Å². The van der Waals surface area contributed by atoms with E-state index in [1.54, 1.807) is 0 Å². The van der Waals surface area contributed by atoms with Gasteiger partial charge < -0.3 is 20.1 Å². The zero-order valence-electron chi connectivity index (χ0n) is 16.0. The van der Waals surface area contributed by atoms with Gasteiger partial charge in [0.1, 0.15) is 0 Å². The highest BCUT2D eigenvalue weighted by Gasteiger charge is 2.10. The lowest BCUT2D eigenvalue weighted by Crippen LogP contribution is -2.39. The van der Waals surface area contributed by atoms with Crippen LogP contribution in [0, 0.1) is 0 Å². The predicted molar refractivity (Wildman–Crippen MR) is 117 cm³/mol. The Balaban J connectivity index is 0.00000338. The Morgan fingerprint density at radius 2 is 1.96 bits per heavy atom. The van der Waals surface area contributed by atoms with E-state index in [4.69, 9.17) is 9.47 Å². The third-order valence-corrected chi connectivity index (χ3v) is 4.01. The van der Waals surface area contributed by atoms with E-state index in [9.17, 15) is 0 Å². The van der Waals surface area contributed by atoms with Crippen molar-refractivity contribution in [2.75, 3.05) is 52.6 Å². The average Bonchev–Trinajstić information content (AvgIpc) is 2.64. The van der Waals surface area contributed by atoms with Gasteiger partial charge in [0.15, 0.2) is 5.96 Å². The first-order chi connectivity index (χ1) is 12.3. The van der Waals surface area contributed by atoms with Crippen molar-refractivity contribution in [3.63, 3.8) is 0 Å². The second-order valence-corrected chi connectivity index (χ2v) is 6.03. The maximum Gasteiger partial charge on any atom is 0.191 e. The maximum atomic E-state index is 5.41. The molecule has 0 amide bonds. The molecule has 0 atom stereocenters. The number of hydrogen-bond donors (Lipinski definition) is 2. The van der Waals surface area contributed by atoms with Gasteiger partial charge >= 0.3 is 0 Å². The van der Waals surface area contributed by atoms with Crippen molar-refractivity contribution in [1.29, 1.82) is 0 Å². The Morgan fingerprint density at radius 3 is 2.69 bits per heavy atom. The largest absolute Gasteiger partial charge is 0.380 e. The van der Waals surface area contributed by atoms with Crippen LogP contribution in [0.15, 0.2) is 29.3 Å². The van der Waals surface area contributed by atoms with Crippen LogP contribution in [0.4, 0.5) is 0 Å². The quantitative estimate of drug-likeness (QED) is 0.248. The Morgan fingerprint density at radius 1 is 1.19 bits per heavy atom. The number of nitrogens with zero attached hydrogens (tertiary/aromatic N) is 2. The molecule has 7 heteroatoms. The fourth-order valence-corrected chi connectivity index (χ4v) is 2.74. The lowest BCUT2D eigenvalue weighted by atomic mass is 10.1. The summed E-state index contributed by atoms with van der Waals surface area (Å²) < 4.78 is 10.8. The van der Waals surface area contributed by atoms with E-state index in [1.807, 2.05) is 6.92 Å². The second-order valence-electron chi connectivity index (χ2n) is 6.03. The van der Waals surface area contributed by atoms with Crippen molar-refractivity contribution >= 4 is 29.9 Å². The van der Waals surface area contributed by atoms with Crippen molar-refractivity contribution < 1.29 is 9.47 Å². The van der Waals surface area contributed by atoms with Crippen LogP contribution in [-0.4, -0.2) is 63.5 Å². The first-order valence-electron chi connectivity index (χ1n) is 9.29. The summed E-state index contributed by atoms with van der Waals surface area (Å²) in [6.45, 7) is 12.5. The van der Waals surface area contributed by atoms with Crippen LogP contribution in [-0.2, 0) is 22.6 Å². The van der Waals surface area contributed by atoms with E-state index < -0.39 is 0 Å². The van der Waals surface area contributed by atoms with E-state index >= 15 is 0 Å². The minimum absolute atomic E-state index is 0. The maximum absolute atomic E-state index is 5.41. The molecule has 0 unspecified atom stereocenters. The third-order valence-electron chi connectivity index (χ3n) is 4.01. The Kier molecular flexibility index (Phi) is 12.6. The van der Waals surface area contributed by atoms with Gasteiger partial charge in [-0.15, -0.1) is 24.0 Å². The Labute approximate surface area is 174 Å². The zero-order valence-corrected chi connectivity index (χ0v) is 18.3. The van der Waals surface area contributed by atoms with E-state index in [0.717, 1.165) is 58.5 Å². The molecule has 1 aliphatic heterocycles. The smallest absolute Gasteiger partial charge is 0.191 e. The van der Waals surface area contributed by atoms with Crippen molar-refractivity contribution in [3.05, 3.63) is 35.4 Å². The molecule has 0 aromatic heterocycles. The van der Waals surface area contributed by atoms with Gasteiger partial charge in [0.25, 0.3) is 0 Å². The van der Waals surface area contributed by atoms with Crippen LogP contribution in [0.1, 0.15) is 25.0 Å². The molecule has 1 fully saturated rings. The molecule has 0 aliphatic carbocycles. The summed E-state index contributed by atoms with van der Waals surface area (Å²) in [7, 11) is 0. The first kappa shape index (κ1) is 23.1. The number of guanidine groups is 1. The third kappa shape index (κ3) is 9.16. The molecule has 148 valence electrons. The van der Waals surface area contributed by atoms with Crippen LogP contribution in [0.5, 0.6) is 0 Å². The van der Waals surface area contributed by atoms with E-state index in [-0.39, 0.29) is 24.0 Å². The normalized spacial score (nSPS) is 15.4. The molecule has 2 N–H and O–H groups in total. The minimum Gasteiger partial charge on any atom is -0.380 e. The van der Waals surface area contributed by atoms with Gasteiger partial charge in [0, 0.05) is 39.3 Å². The first-order valence-corrected chi connectivity index (χ1v) is 9.29. The summed E-state index contributed by atoms with van der Waals surface area (Å²) in [5.74, 6) is 0.834. The second kappa shape index (κ2) is 14.2. The fourth-order valence-electron chi connectivity index (χ4n) is 2.74. The molecule has 1 saturated heterocycles. The summed E-state index contributed by atoms with van der Waals surface area (Å²) in [5.41, 5.74) is 2.57. The number of ether oxygens (including phenoxy) is 2. The van der Waals surface area contributed by atoms with Gasteiger partial charge in [-0.1, -0.05) is 24.3 Å². The van der Waals surface area contributed by atoms with Crippen molar-refractivity contribution in [1.82, 2.24) is 15.5 Å². The van der Waals surface area contributed by atoms with E-state index in [1.165, 1.54) is 11.1 Å². The molecule has 1 aliphatic rings. The van der Waals surface area contributed by atoms with Crippen LogP contribution >= 0.6 is 24.0 Å². The summed E-state index contributed by atoms with van der Waals surface area (Å²) in [6.07, 6.45) is 0. The zero-order chi connectivity index (χ0) is 17.7. The summed E-state index contributed by atoms with van der Waals surface area (Å²) in [5, 5.41) is 6.57. The van der Waals surface area contributed by atoms with Gasteiger partial charge in [0.05, 0.1) is 26.4 Å². The summed E-state index contributed by atoms with van der Waals surface area (Å²) >= 11 is 0. The summed E-state index contributed by atoms with van der Waals surface area (Å²) in [6, 6.07) is 8.70. The number of nitrogens with one attached hydrogen (secondary N) is 2. The van der Waals surface area contributed by atoms with Gasteiger partial charge in [-0.2, -0.15) is 0 Å². The van der Waals surface area contributed by atoms with Gasteiger partial charge in [0.2, 0.25) is 0 Å². The number of halogens is 1. The molecule has 26 heavy (non-hydrogen) atoms. The van der Waals surface area contributed by atoms with Crippen LogP contribution < -0.4 is 10.6 Å². The van der Waals surface area contributed by atoms with Crippen molar-refractivity contribution in [2.45, 2.75) is 26.9 Å². The molecule has 6 nitrogen and oxygen atoms in total. The molecule has 0 saturated carbocycles. The molecular weight excluding hydrogens is 443 g/mol. The summed E-state index contributed by atoms with van der Waals surface area (Å²) in [4.78, 5) is 7.11. The highest BCUT2D eigenvalue weighted by Crippen LogP contribution is 2.10. The van der Waals surface area contributed by atoms with Crippen LogP contribution in [0.2, 0.25) is 0 Å². The fraction of sp³-hybridized carbons (Fsp3) is 0.632. The van der Waals surface area contributed by atoms with Gasteiger partial charge in [-0.05, 0) is 25.0 Å². The number of rotatable bonds is 9. The number of hydrogen-bond acceptors (Lipinski definition) is 4. The standard InChI is InChI=1S/C19H32N4O2.HI/c1-3-20-19(21-8-11-24-4-2)22-15-17-6-5-7-18(14-17)16-23-9-12-25-13-10-23;/h5-7,14H,3-4,8-13,15-16H2,1-2H3,(H2,20,21,22);1H. The van der Waals surface area contributed by atoms with E-state index in [2.05, 4.69) is 51.7 Å². The average molecular weight is 476 g/mol. The molecular formula is C19H33IN4O2. The number of aliphatic imine (C=N–C) groups is 1. The van der Waals surface area contributed by atoms with Crippen LogP contribution in [0.3, 0.4) is 0 Å². The topological polar surface area (TPSA) is 58.1 Å². The number of benzene rings is 1. The molecule has 1 aromatic rings. The van der Waals surface area contributed by atoms with Gasteiger partial charge in [-0.3, -0.25) is 4.90 Å². The van der Waals surface area contributed by atoms with E-state index in [0.29, 0.717) is 13.2 Å². The lowest BCUT2D eigenvalue weighted by molar-refractivity contribution is 0.0342. The van der Waals surface area contributed by atoms with Gasteiger partial charge in [-0.25, -0.2) is 4.99 Å². The molecule has 1 aromatic carbocycles. The highest BCUT2D eigenvalue weighted by atomic mass is 127. The van der Waals surface area contributed by atoms with Crippen LogP contribution in [0.25, 0.3) is 0 Å². The molecule has 1 heterocycles. The monoisotopic (exact) mass is 476 g/mol.